The highest BCUT2D eigenvalue weighted by molar-refractivity contribution is 9.10. The quantitative estimate of drug-likeness (QED) is 0.226. The molecule has 4 rings (SSSR count). The summed E-state index contributed by atoms with van der Waals surface area (Å²) >= 11 is 8.79. The fraction of sp³-hybridized carbons (Fsp3) is 0.125. The SMILES string of the molecule is CCOc1cc(/C=N\n2c(-c3ccccc3)n[nH]c2=S)ccc1OCc1ccc(Br)cc1. The van der Waals surface area contributed by atoms with E-state index < -0.39 is 0 Å². The van der Waals surface area contributed by atoms with Crippen LogP contribution >= 0.6 is 28.1 Å². The fourth-order valence-corrected chi connectivity index (χ4v) is 3.48. The predicted molar refractivity (Wildman–Crippen MR) is 132 cm³/mol. The van der Waals surface area contributed by atoms with Crippen LogP contribution < -0.4 is 9.47 Å². The maximum absolute atomic E-state index is 6.00. The average Bonchev–Trinajstić information content (AvgIpc) is 3.19. The molecule has 0 unspecified atom stereocenters. The molecule has 0 amide bonds. The lowest BCUT2D eigenvalue weighted by molar-refractivity contribution is 0.269. The van der Waals surface area contributed by atoms with Gasteiger partial charge in [0.2, 0.25) is 4.77 Å². The minimum Gasteiger partial charge on any atom is -0.490 e. The van der Waals surface area contributed by atoms with Gasteiger partial charge in [0.05, 0.1) is 12.8 Å². The molecule has 0 fully saturated rings. The van der Waals surface area contributed by atoms with Gasteiger partial charge in [0.1, 0.15) is 6.61 Å². The van der Waals surface area contributed by atoms with Crippen LogP contribution in [0.15, 0.2) is 82.4 Å². The maximum atomic E-state index is 6.00. The van der Waals surface area contributed by atoms with Gasteiger partial charge < -0.3 is 9.47 Å². The average molecular weight is 509 g/mol. The molecule has 1 N–H and O–H groups in total. The van der Waals surface area contributed by atoms with Crippen molar-refractivity contribution in [2.24, 2.45) is 5.10 Å². The summed E-state index contributed by atoms with van der Waals surface area (Å²) in [5.74, 6) is 1.98. The highest BCUT2D eigenvalue weighted by atomic mass is 79.9. The van der Waals surface area contributed by atoms with Crippen LogP contribution in [0.25, 0.3) is 11.4 Å². The summed E-state index contributed by atoms with van der Waals surface area (Å²) in [7, 11) is 0. The predicted octanol–water partition coefficient (Wildman–Crippen LogP) is 6.23. The van der Waals surface area contributed by atoms with Crippen LogP contribution in [0.2, 0.25) is 0 Å². The molecule has 0 saturated heterocycles. The van der Waals surface area contributed by atoms with E-state index in [4.69, 9.17) is 21.7 Å². The van der Waals surface area contributed by atoms with E-state index in [1.807, 2.05) is 79.7 Å². The number of nitrogens with zero attached hydrogens (tertiary/aromatic N) is 3. The molecular weight excluding hydrogens is 488 g/mol. The van der Waals surface area contributed by atoms with E-state index in [2.05, 4.69) is 31.2 Å². The number of aromatic amines is 1. The van der Waals surface area contributed by atoms with E-state index in [0.29, 0.717) is 35.3 Å². The van der Waals surface area contributed by atoms with E-state index in [-0.39, 0.29) is 0 Å². The lowest BCUT2D eigenvalue weighted by Crippen LogP contribution is -2.01. The minimum absolute atomic E-state index is 0.416. The molecule has 0 bridgehead atoms. The molecule has 0 aliphatic carbocycles. The highest BCUT2D eigenvalue weighted by Crippen LogP contribution is 2.29. The molecule has 1 aromatic heterocycles. The largest absolute Gasteiger partial charge is 0.490 e. The minimum atomic E-state index is 0.416. The van der Waals surface area contributed by atoms with Gasteiger partial charge in [-0.2, -0.15) is 14.9 Å². The van der Waals surface area contributed by atoms with Gasteiger partial charge in [-0.1, -0.05) is 58.4 Å². The molecule has 0 saturated carbocycles. The van der Waals surface area contributed by atoms with E-state index in [1.54, 1.807) is 10.9 Å². The van der Waals surface area contributed by atoms with Gasteiger partial charge in [0.25, 0.3) is 0 Å². The Morgan fingerprint density at radius 3 is 2.56 bits per heavy atom. The molecule has 0 aliphatic rings. The first-order valence-electron chi connectivity index (χ1n) is 10.1. The Balaban J connectivity index is 1.55. The molecule has 3 aromatic carbocycles. The van der Waals surface area contributed by atoms with Crippen LogP contribution in [0.5, 0.6) is 11.5 Å². The fourth-order valence-electron chi connectivity index (χ4n) is 3.03. The van der Waals surface area contributed by atoms with Crippen molar-refractivity contribution in [2.75, 3.05) is 6.61 Å². The molecule has 0 spiro atoms. The van der Waals surface area contributed by atoms with Crippen molar-refractivity contribution < 1.29 is 9.47 Å². The summed E-state index contributed by atoms with van der Waals surface area (Å²) in [6, 6.07) is 23.5. The van der Waals surface area contributed by atoms with Crippen LogP contribution in [0.3, 0.4) is 0 Å². The number of ether oxygens (including phenoxy) is 2. The first-order chi connectivity index (χ1) is 15.6. The van der Waals surface area contributed by atoms with E-state index in [1.165, 1.54) is 0 Å². The Morgan fingerprint density at radius 1 is 1.03 bits per heavy atom. The Morgan fingerprint density at radius 2 is 1.81 bits per heavy atom. The van der Waals surface area contributed by atoms with Gasteiger partial charge in [-0.3, -0.25) is 0 Å². The standard InChI is InChI=1S/C24H21BrN4O2S/c1-2-30-22-14-18(10-13-21(22)31-16-17-8-11-20(25)12-9-17)15-26-29-23(27-28-24(29)32)19-6-4-3-5-7-19/h3-15H,2,16H2,1H3,(H,28,32)/b26-15-. The van der Waals surface area contributed by atoms with Crippen LogP contribution in [-0.2, 0) is 6.61 Å². The van der Waals surface area contributed by atoms with E-state index in [0.717, 1.165) is 21.2 Å². The number of nitrogens with one attached hydrogen (secondary N) is 1. The van der Waals surface area contributed by atoms with Gasteiger partial charge in [-0.05, 0) is 60.6 Å². The Labute approximate surface area is 199 Å². The number of hydrogen-bond acceptors (Lipinski definition) is 5. The van der Waals surface area contributed by atoms with Crippen molar-refractivity contribution in [3.8, 4) is 22.9 Å². The third-order valence-corrected chi connectivity index (χ3v) is 5.37. The molecule has 162 valence electrons. The Kier molecular flexibility index (Phi) is 7.14. The van der Waals surface area contributed by atoms with Gasteiger partial charge in [-0.15, -0.1) is 0 Å². The second-order valence-electron chi connectivity index (χ2n) is 6.83. The van der Waals surface area contributed by atoms with E-state index >= 15 is 0 Å². The van der Waals surface area contributed by atoms with Crippen LogP contribution in [0.4, 0.5) is 0 Å². The zero-order chi connectivity index (χ0) is 22.3. The van der Waals surface area contributed by atoms with Crippen molar-refractivity contribution in [3.05, 3.63) is 93.2 Å². The molecular formula is C24H21BrN4O2S. The van der Waals surface area contributed by atoms with Crippen molar-refractivity contribution in [3.63, 3.8) is 0 Å². The first kappa shape index (κ1) is 22.0. The topological polar surface area (TPSA) is 64.4 Å². The number of benzene rings is 3. The normalized spacial score (nSPS) is 11.1. The second kappa shape index (κ2) is 10.4. The monoisotopic (exact) mass is 508 g/mol. The smallest absolute Gasteiger partial charge is 0.216 e. The number of H-pyrrole nitrogens is 1. The summed E-state index contributed by atoms with van der Waals surface area (Å²) in [6.07, 6.45) is 1.72. The highest BCUT2D eigenvalue weighted by Gasteiger charge is 2.09. The van der Waals surface area contributed by atoms with Crippen molar-refractivity contribution in [2.45, 2.75) is 13.5 Å². The molecule has 0 radical (unpaired) electrons. The number of rotatable bonds is 8. The number of halogens is 1. The van der Waals surface area contributed by atoms with Crippen LogP contribution in [-0.4, -0.2) is 27.7 Å². The summed E-state index contributed by atoms with van der Waals surface area (Å²) < 4.78 is 14.8. The van der Waals surface area contributed by atoms with Gasteiger partial charge in [0.15, 0.2) is 17.3 Å². The van der Waals surface area contributed by atoms with Crippen molar-refractivity contribution in [1.29, 1.82) is 0 Å². The Hall–Kier alpha value is -3.23. The zero-order valence-corrected chi connectivity index (χ0v) is 19.8. The van der Waals surface area contributed by atoms with E-state index in [9.17, 15) is 0 Å². The first-order valence-corrected chi connectivity index (χ1v) is 11.3. The lowest BCUT2D eigenvalue weighted by Gasteiger charge is -2.12. The van der Waals surface area contributed by atoms with Crippen LogP contribution in [0.1, 0.15) is 18.1 Å². The maximum Gasteiger partial charge on any atom is 0.216 e. The van der Waals surface area contributed by atoms with Crippen molar-refractivity contribution >= 4 is 34.4 Å². The Bertz CT molecular complexity index is 1270. The molecule has 0 aliphatic heterocycles. The number of aromatic nitrogens is 3. The van der Waals surface area contributed by atoms with Gasteiger partial charge >= 0.3 is 0 Å². The zero-order valence-electron chi connectivity index (χ0n) is 17.4. The molecule has 1 heterocycles. The van der Waals surface area contributed by atoms with Crippen molar-refractivity contribution in [1.82, 2.24) is 14.9 Å². The van der Waals surface area contributed by atoms with Gasteiger partial charge in [-0.25, -0.2) is 5.10 Å². The molecule has 0 atom stereocenters. The third kappa shape index (κ3) is 5.33. The lowest BCUT2D eigenvalue weighted by atomic mass is 10.2. The molecule has 4 aromatic rings. The third-order valence-electron chi connectivity index (χ3n) is 4.58. The molecule has 8 heteroatoms. The summed E-state index contributed by atoms with van der Waals surface area (Å²) in [4.78, 5) is 0. The van der Waals surface area contributed by atoms with Crippen LogP contribution in [0, 0.1) is 4.77 Å². The summed E-state index contributed by atoms with van der Waals surface area (Å²) in [6.45, 7) is 2.92. The summed E-state index contributed by atoms with van der Waals surface area (Å²) in [5.41, 5.74) is 2.85. The van der Waals surface area contributed by atoms with Gasteiger partial charge in [0, 0.05) is 10.0 Å². The summed E-state index contributed by atoms with van der Waals surface area (Å²) in [5, 5.41) is 11.6. The molecule has 6 nitrogen and oxygen atoms in total. The molecule has 32 heavy (non-hydrogen) atoms. The number of hydrogen-bond donors (Lipinski definition) is 1. The second-order valence-corrected chi connectivity index (χ2v) is 8.13.